The molecule has 220 valence electrons. The Balaban J connectivity index is 1.03. The molecule has 2 heterocycles. The minimum atomic E-state index is -0.466. The first-order valence-corrected chi connectivity index (χ1v) is 15.5. The molecule has 8 heteroatoms. The molecule has 4 aromatic rings. The van der Waals surface area contributed by atoms with Gasteiger partial charge < -0.3 is 26.4 Å². The Labute approximate surface area is 256 Å². The number of nitrogens with one attached hydrogen (secondary N) is 2. The molecule has 1 aromatic heterocycles. The number of nitrogens with zero attached hydrogens (tertiary/aromatic N) is 1. The third kappa shape index (κ3) is 6.37. The lowest BCUT2D eigenvalue weighted by Gasteiger charge is -2.24. The molecule has 0 radical (unpaired) electrons. The van der Waals surface area contributed by atoms with Crippen molar-refractivity contribution < 1.29 is 9.53 Å². The molecule has 2 aliphatic rings. The molecule has 0 bridgehead atoms. The first-order valence-electron chi connectivity index (χ1n) is 14.6. The van der Waals surface area contributed by atoms with Gasteiger partial charge in [0.15, 0.2) is 0 Å². The van der Waals surface area contributed by atoms with E-state index in [9.17, 15) is 4.79 Å². The monoisotopic (exact) mass is 591 g/mol. The van der Waals surface area contributed by atoms with Gasteiger partial charge in [-0.25, -0.2) is 0 Å². The average molecular weight is 592 g/mol. The van der Waals surface area contributed by atoms with Crippen LogP contribution in [0, 0.1) is 0 Å². The normalized spacial score (nSPS) is 16.4. The minimum Gasteiger partial charge on any atom is -0.497 e. The molecule has 1 atom stereocenters. The van der Waals surface area contributed by atoms with Gasteiger partial charge in [-0.3, -0.25) is 10.1 Å². The molecule has 43 heavy (non-hydrogen) atoms. The summed E-state index contributed by atoms with van der Waals surface area (Å²) in [7, 11) is 1.64. The summed E-state index contributed by atoms with van der Waals surface area (Å²) in [5.74, 6) is 0.664. The van der Waals surface area contributed by atoms with Gasteiger partial charge in [-0.1, -0.05) is 54.6 Å². The highest BCUT2D eigenvalue weighted by Crippen LogP contribution is 2.33. The van der Waals surface area contributed by atoms with Crippen LogP contribution in [0.15, 0.2) is 107 Å². The predicted molar refractivity (Wildman–Crippen MR) is 178 cm³/mol. The number of rotatable bonds is 10. The summed E-state index contributed by atoms with van der Waals surface area (Å²) < 4.78 is 5.58. The summed E-state index contributed by atoms with van der Waals surface area (Å²) in [6.45, 7) is 2.25. The fraction of sp³-hybridized carbons (Fsp3) is 0.229. The third-order valence-electron chi connectivity index (χ3n) is 8.17. The van der Waals surface area contributed by atoms with Gasteiger partial charge in [0, 0.05) is 49.4 Å². The van der Waals surface area contributed by atoms with E-state index in [1.807, 2.05) is 35.7 Å². The largest absolute Gasteiger partial charge is 0.497 e. The summed E-state index contributed by atoms with van der Waals surface area (Å²) in [6, 6.07) is 25.2. The van der Waals surface area contributed by atoms with E-state index in [1.54, 1.807) is 18.4 Å². The molecular formula is C35H37N5O2S. The van der Waals surface area contributed by atoms with Crippen molar-refractivity contribution in [1.29, 1.82) is 0 Å². The van der Waals surface area contributed by atoms with Crippen LogP contribution in [-0.4, -0.2) is 32.3 Å². The lowest BCUT2D eigenvalue weighted by atomic mass is 9.94. The Morgan fingerprint density at radius 1 is 1.07 bits per heavy atom. The van der Waals surface area contributed by atoms with Crippen molar-refractivity contribution in [3.8, 4) is 0 Å². The SMILES string of the molecule is COC1=C(C(N)NCCC(=O)Nc2ccc3c(c2)CCN3Cc2cccc3ccccc23)CC(=C(N)c2cccs2)C=C1. The molecule has 1 aliphatic heterocycles. The number of nitrogens with two attached hydrogens (primary N) is 2. The van der Waals surface area contributed by atoms with Crippen LogP contribution in [0.2, 0.25) is 0 Å². The van der Waals surface area contributed by atoms with Crippen molar-refractivity contribution in [2.75, 3.05) is 30.4 Å². The van der Waals surface area contributed by atoms with Crippen molar-refractivity contribution >= 4 is 45.1 Å². The molecule has 1 aliphatic carbocycles. The van der Waals surface area contributed by atoms with E-state index >= 15 is 0 Å². The number of fused-ring (bicyclic) bond motifs is 2. The number of hydrogen-bond acceptors (Lipinski definition) is 7. The van der Waals surface area contributed by atoms with E-state index in [4.69, 9.17) is 16.2 Å². The summed E-state index contributed by atoms with van der Waals surface area (Å²) in [4.78, 5) is 16.3. The van der Waals surface area contributed by atoms with E-state index < -0.39 is 6.17 Å². The quantitative estimate of drug-likeness (QED) is 0.171. The number of ether oxygens (including phenoxy) is 1. The molecule has 0 fully saturated rings. The van der Waals surface area contributed by atoms with E-state index in [2.05, 4.69) is 70.1 Å². The summed E-state index contributed by atoms with van der Waals surface area (Å²) in [5.41, 5.74) is 20.2. The maximum Gasteiger partial charge on any atom is 0.225 e. The number of anilines is 2. The number of hydrogen-bond donors (Lipinski definition) is 4. The number of benzene rings is 3. The van der Waals surface area contributed by atoms with Gasteiger partial charge in [0.1, 0.15) is 5.76 Å². The van der Waals surface area contributed by atoms with Crippen molar-refractivity contribution in [2.24, 2.45) is 11.5 Å². The third-order valence-corrected chi connectivity index (χ3v) is 9.08. The van der Waals surface area contributed by atoms with Crippen molar-refractivity contribution in [3.05, 3.63) is 123 Å². The van der Waals surface area contributed by atoms with E-state index in [-0.39, 0.29) is 5.91 Å². The Morgan fingerprint density at radius 2 is 1.93 bits per heavy atom. The van der Waals surface area contributed by atoms with Crippen molar-refractivity contribution in [2.45, 2.75) is 32.0 Å². The van der Waals surface area contributed by atoms with Crippen molar-refractivity contribution in [1.82, 2.24) is 5.32 Å². The summed E-state index contributed by atoms with van der Waals surface area (Å²) >= 11 is 1.61. The first kappa shape index (κ1) is 28.7. The number of carbonyl (C=O) groups is 1. The summed E-state index contributed by atoms with van der Waals surface area (Å²) in [6.07, 6.45) is 5.25. The standard InChI is InChI=1S/C35H37N5O2S/c1-42-31-14-11-25(34(36)32-10-5-19-43-32)21-29(31)35(37)38-17-15-33(41)39-27-12-13-30-24(20-27)16-18-40(30)22-26-8-4-7-23-6-2-3-9-28(23)26/h2-14,19-20,35,38H,15-18,21-22,36-37H2,1H3,(H,39,41). The second-order valence-corrected chi connectivity index (χ2v) is 11.9. The molecule has 0 saturated heterocycles. The van der Waals surface area contributed by atoms with Crippen LogP contribution in [0.1, 0.15) is 28.8 Å². The second-order valence-electron chi connectivity index (χ2n) is 10.9. The van der Waals surface area contributed by atoms with Crippen LogP contribution in [0.5, 0.6) is 0 Å². The molecule has 6 rings (SSSR count). The highest BCUT2D eigenvalue weighted by molar-refractivity contribution is 7.11. The molecule has 0 saturated carbocycles. The fourth-order valence-electron chi connectivity index (χ4n) is 5.91. The van der Waals surface area contributed by atoms with E-state index in [0.717, 1.165) is 52.7 Å². The number of methoxy groups -OCH3 is 1. The van der Waals surface area contributed by atoms with Crippen LogP contribution < -0.4 is 27.0 Å². The van der Waals surface area contributed by atoms with Gasteiger partial charge in [-0.05, 0) is 69.6 Å². The Morgan fingerprint density at radius 3 is 2.77 bits per heavy atom. The van der Waals surface area contributed by atoms with Crippen LogP contribution in [0.4, 0.5) is 11.4 Å². The van der Waals surface area contributed by atoms with Crippen molar-refractivity contribution in [3.63, 3.8) is 0 Å². The highest BCUT2D eigenvalue weighted by Gasteiger charge is 2.22. The molecule has 0 spiro atoms. The van der Waals surface area contributed by atoms with Gasteiger partial charge in [0.2, 0.25) is 5.91 Å². The van der Waals surface area contributed by atoms with Gasteiger partial charge in [-0.2, -0.15) is 0 Å². The highest BCUT2D eigenvalue weighted by atomic mass is 32.1. The average Bonchev–Trinajstić information content (AvgIpc) is 3.71. The molecule has 6 N–H and O–H groups in total. The zero-order valence-corrected chi connectivity index (χ0v) is 25.1. The molecular weight excluding hydrogens is 554 g/mol. The second kappa shape index (κ2) is 12.9. The minimum absolute atomic E-state index is 0.0581. The maximum atomic E-state index is 12.8. The van der Waals surface area contributed by atoms with Crippen LogP contribution >= 0.6 is 11.3 Å². The smallest absolute Gasteiger partial charge is 0.225 e. The zero-order valence-electron chi connectivity index (χ0n) is 24.3. The lowest BCUT2D eigenvalue weighted by molar-refractivity contribution is -0.116. The fourth-order valence-corrected chi connectivity index (χ4v) is 6.63. The predicted octanol–water partition coefficient (Wildman–Crippen LogP) is 5.90. The number of carbonyl (C=O) groups excluding carboxylic acids is 1. The topological polar surface area (TPSA) is 106 Å². The van der Waals surface area contributed by atoms with Gasteiger partial charge in [-0.15, -0.1) is 11.3 Å². The molecule has 1 unspecified atom stereocenters. The Bertz CT molecular complexity index is 1720. The lowest BCUT2D eigenvalue weighted by Crippen LogP contribution is -2.41. The molecule has 7 nitrogen and oxygen atoms in total. The number of thiophene rings is 1. The van der Waals surface area contributed by atoms with E-state index in [1.165, 1.54) is 27.6 Å². The molecule has 1 amide bonds. The number of allylic oxidation sites excluding steroid dienone is 3. The Hall–Kier alpha value is -4.37. The van der Waals surface area contributed by atoms with Gasteiger partial charge in [0.05, 0.1) is 23.8 Å². The van der Waals surface area contributed by atoms with E-state index in [0.29, 0.717) is 19.4 Å². The Kier molecular flexibility index (Phi) is 8.60. The van der Waals surface area contributed by atoms with Crippen LogP contribution in [-0.2, 0) is 22.5 Å². The van der Waals surface area contributed by atoms with Crippen LogP contribution in [0.25, 0.3) is 16.5 Å². The van der Waals surface area contributed by atoms with Crippen LogP contribution in [0.3, 0.4) is 0 Å². The number of amides is 1. The maximum absolute atomic E-state index is 12.8. The van der Waals surface area contributed by atoms with Gasteiger partial charge in [0.25, 0.3) is 0 Å². The first-order chi connectivity index (χ1) is 21.0. The van der Waals surface area contributed by atoms with Gasteiger partial charge >= 0.3 is 0 Å². The zero-order chi connectivity index (χ0) is 29.8. The summed E-state index contributed by atoms with van der Waals surface area (Å²) in [5, 5.41) is 10.9. The molecule has 3 aromatic carbocycles.